The summed E-state index contributed by atoms with van der Waals surface area (Å²) in [4.78, 5) is 43.4. The third-order valence-corrected chi connectivity index (χ3v) is 6.17. The molecule has 0 radical (unpaired) electrons. The van der Waals surface area contributed by atoms with Crippen LogP contribution in [0.5, 0.6) is 0 Å². The summed E-state index contributed by atoms with van der Waals surface area (Å²) in [5, 5.41) is 0.693. The lowest BCUT2D eigenvalue weighted by atomic mass is 10.0. The number of carbonyl (C=O) groups excluding carboxylic acids is 3. The van der Waals surface area contributed by atoms with E-state index in [1.807, 2.05) is 6.92 Å². The van der Waals surface area contributed by atoms with Crippen LogP contribution in [0.1, 0.15) is 41.1 Å². The number of anilines is 1. The number of amides is 3. The van der Waals surface area contributed by atoms with E-state index in [1.54, 1.807) is 30.8 Å². The molecule has 1 aromatic heterocycles. The summed E-state index contributed by atoms with van der Waals surface area (Å²) in [5.74, 6) is -0.247. The van der Waals surface area contributed by atoms with Gasteiger partial charge in [-0.15, -0.1) is 11.3 Å². The molecule has 1 atom stereocenters. The zero-order chi connectivity index (χ0) is 19.0. The molecule has 2 aliphatic rings. The third-order valence-electron chi connectivity index (χ3n) is 4.88. The van der Waals surface area contributed by atoms with E-state index in [0.29, 0.717) is 36.7 Å². The van der Waals surface area contributed by atoms with Gasteiger partial charge in [0, 0.05) is 32.1 Å². The lowest BCUT2D eigenvalue weighted by molar-refractivity contribution is -0.143. The average Bonchev–Trinajstić information content (AvgIpc) is 2.98. The fourth-order valence-electron chi connectivity index (χ4n) is 3.34. The predicted octanol–water partition coefficient (Wildman–Crippen LogP) is 1.50. The molecule has 7 nitrogen and oxygen atoms in total. The first kappa shape index (κ1) is 18.8. The van der Waals surface area contributed by atoms with Crippen LogP contribution in [0.4, 0.5) is 5.00 Å². The van der Waals surface area contributed by atoms with Gasteiger partial charge < -0.3 is 19.4 Å². The van der Waals surface area contributed by atoms with Gasteiger partial charge in [-0.2, -0.15) is 0 Å². The van der Waals surface area contributed by atoms with Gasteiger partial charge in [0.05, 0.1) is 12.1 Å². The number of hydrogen-bond acceptors (Lipinski definition) is 5. The molecule has 0 fully saturated rings. The number of rotatable bonds is 4. The monoisotopic (exact) mass is 379 g/mol. The van der Waals surface area contributed by atoms with Crippen LogP contribution in [-0.2, 0) is 27.3 Å². The second kappa shape index (κ2) is 7.36. The second-order valence-corrected chi connectivity index (χ2v) is 7.90. The number of likely N-dealkylation sites (N-methyl/N-ethyl adjacent to an activating group) is 2. The van der Waals surface area contributed by atoms with Gasteiger partial charge in [-0.25, -0.2) is 0 Å². The SMILES string of the molecule is CCCOC(C)C(=O)N1CCc2c(sc3c2C(=O)N(C)CC(=O)N3C)C1. The van der Waals surface area contributed by atoms with E-state index in [-0.39, 0.29) is 24.3 Å². The van der Waals surface area contributed by atoms with Crippen molar-refractivity contribution >= 4 is 34.1 Å². The van der Waals surface area contributed by atoms with Crippen molar-refractivity contribution in [2.45, 2.75) is 39.3 Å². The summed E-state index contributed by atoms with van der Waals surface area (Å²) in [6.07, 6.45) is 1.02. The molecule has 26 heavy (non-hydrogen) atoms. The zero-order valence-electron chi connectivity index (χ0n) is 15.7. The van der Waals surface area contributed by atoms with Crippen LogP contribution in [-0.4, -0.2) is 67.4 Å². The van der Waals surface area contributed by atoms with Crippen molar-refractivity contribution in [3.05, 3.63) is 16.0 Å². The highest BCUT2D eigenvalue weighted by Gasteiger charge is 2.36. The number of ether oxygens (including phenoxy) is 1. The quantitative estimate of drug-likeness (QED) is 0.795. The van der Waals surface area contributed by atoms with Crippen LogP contribution < -0.4 is 4.90 Å². The maximum Gasteiger partial charge on any atom is 0.257 e. The van der Waals surface area contributed by atoms with Crippen molar-refractivity contribution in [2.24, 2.45) is 0 Å². The molecule has 0 aliphatic carbocycles. The molecule has 0 saturated carbocycles. The first-order valence-corrected chi connectivity index (χ1v) is 9.73. The third kappa shape index (κ3) is 3.23. The number of nitrogens with zero attached hydrogens (tertiary/aromatic N) is 3. The fourth-order valence-corrected chi connectivity index (χ4v) is 4.67. The minimum atomic E-state index is -0.466. The predicted molar refractivity (Wildman–Crippen MR) is 99.5 cm³/mol. The van der Waals surface area contributed by atoms with E-state index in [0.717, 1.165) is 16.9 Å². The Bertz CT molecular complexity index is 745. The highest BCUT2D eigenvalue weighted by atomic mass is 32.1. The Balaban J connectivity index is 1.87. The smallest absolute Gasteiger partial charge is 0.257 e. The maximum absolute atomic E-state index is 12.8. The van der Waals surface area contributed by atoms with Crippen molar-refractivity contribution in [1.29, 1.82) is 0 Å². The highest BCUT2D eigenvalue weighted by molar-refractivity contribution is 7.17. The summed E-state index contributed by atoms with van der Waals surface area (Å²) in [6, 6.07) is 0. The van der Waals surface area contributed by atoms with E-state index >= 15 is 0 Å². The summed E-state index contributed by atoms with van der Waals surface area (Å²) in [5.41, 5.74) is 1.61. The summed E-state index contributed by atoms with van der Waals surface area (Å²) >= 11 is 1.44. The Morgan fingerprint density at radius 1 is 1.27 bits per heavy atom. The van der Waals surface area contributed by atoms with Gasteiger partial charge in [-0.1, -0.05) is 6.92 Å². The Morgan fingerprint density at radius 2 is 2.00 bits per heavy atom. The molecule has 0 saturated heterocycles. The van der Waals surface area contributed by atoms with Crippen molar-refractivity contribution in [2.75, 3.05) is 38.7 Å². The number of hydrogen-bond donors (Lipinski definition) is 0. The van der Waals surface area contributed by atoms with Crippen LogP contribution in [0.3, 0.4) is 0 Å². The van der Waals surface area contributed by atoms with Crippen molar-refractivity contribution < 1.29 is 19.1 Å². The molecule has 1 aromatic rings. The Kier molecular flexibility index (Phi) is 5.34. The van der Waals surface area contributed by atoms with E-state index in [2.05, 4.69) is 0 Å². The van der Waals surface area contributed by atoms with E-state index in [4.69, 9.17) is 4.74 Å². The molecule has 3 amide bonds. The Morgan fingerprint density at radius 3 is 2.69 bits per heavy atom. The van der Waals surface area contributed by atoms with Crippen LogP contribution in [0.15, 0.2) is 0 Å². The molecule has 3 rings (SSSR count). The minimum absolute atomic E-state index is 0.0273. The lowest BCUT2D eigenvalue weighted by Crippen LogP contribution is -2.42. The second-order valence-electron chi connectivity index (χ2n) is 6.82. The maximum atomic E-state index is 12.8. The summed E-state index contributed by atoms with van der Waals surface area (Å²) < 4.78 is 5.55. The molecule has 0 bridgehead atoms. The van der Waals surface area contributed by atoms with Gasteiger partial charge in [-0.05, 0) is 25.3 Å². The van der Waals surface area contributed by atoms with Crippen molar-refractivity contribution in [3.8, 4) is 0 Å². The number of carbonyl (C=O) groups is 3. The van der Waals surface area contributed by atoms with E-state index in [1.165, 1.54) is 16.2 Å². The van der Waals surface area contributed by atoms with Gasteiger partial charge in [-0.3, -0.25) is 14.4 Å². The Hall–Kier alpha value is -1.93. The first-order valence-electron chi connectivity index (χ1n) is 8.92. The fraction of sp³-hybridized carbons (Fsp3) is 0.611. The normalized spacial score (nSPS) is 18.5. The lowest BCUT2D eigenvalue weighted by Gasteiger charge is -2.29. The van der Waals surface area contributed by atoms with Crippen LogP contribution >= 0.6 is 11.3 Å². The van der Waals surface area contributed by atoms with Crippen LogP contribution in [0.25, 0.3) is 0 Å². The van der Waals surface area contributed by atoms with Gasteiger partial charge >= 0.3 is 0 Å². The van der Waals surface area contributed by atoms with Gasteiger partial charge in [0.25, 0.3) is 11.8 Å². The van der Waals surface area contributed by atoms with E-state index in [9.17, 15) is 14.4 Å². The zero-order valence-corrected chi connectivity index (χ0v) is 16.5. The van der Waals surface area contributed by atoms with Gasteiger partial charge in [0.15, 0.2) is 0 Å². The largest absolute Gasteiger partial charge is 0.369 e. The van der Waals surface area contributed by atoms with Gasteiger partial charge in [0.2, 0.25) is 5.91 Å². The molecule has 0 spiro atoms. The molecule has 3 heterocycles. The molecule has 0 aromatic carbocycles. The van der Waals surface area contributed by atoms with Crippen molar-refractivity contribution in [1.82, 2.24) is 9.80 Å². The first-order chi connectivity index (χ1) is 12.3. The molecular weight excluding hydrogens is 354 g/mol. The Labute approximate surface area is 157 Å². The number of fused-ring (bicyclic) bond motifs is 3. The highest BCUT2D eigenvalue weighted by Crippen LogP contribution is 2.40. The van der Waals surface area contributed by atoms with Crippen LogP contribution in [0, 0.1) is 0 Å². The topological polar surface area (TPSA) is 70.2 Å². The molecule has 1 unspecified atom stereocenters. The standard InChI is InChI=1S/C18H25N3O4S/c1-5-8-25-11(2)16(23)21-7-6-12-13(9-21)26-18-15(12)17(24)19(3)10-14(22)20(18)4/h11H,5-10H2,1-4H3. The molecular formula is C18H25N3O4S. The minimum Gasteiger partial charge on any atom is -0.369 e. The molecule has 0 N–H and O–H groups in total. The number of thiophene rings is 1. The average molecular weight is 379 g/mol. The van der Waals surface area contributed by atoms with Crippen LogP contribution in [0.2, 0.25) is 0 Å². The van der Waals surface area contributed by atoms with E-state index < -0.39 is 6.10 Å². The molecule has 142 valence electrons. The summed E-state index contributed by atoms with van der Waals surface area (Å²) in [6.45, 7) is 5.46. The molecule has 8 heteroatoms. The molecule has 2 aliphatic heterocycles. The van der Waals surface area contributed by atoms with Crippen molar-refractivity contribution in [3.63, 3.8) is 0 Å². The summed E-state index contributed by atoms with van der Waals surface area (Å²) in [7, 11) is 3.36. The van der Waals surface area contributed by atoms with Gasteiger partial charge in [0.1, 0.15) is 17.6 Å².